The zero-order valence-corrected chi connectivity index (χ0v) is 16.6. The van der Waals surface area contributed by atoms with Crippen molar-refractivity contribution in [3.8, 4) is 0 Å². The third kappa shape index (κ3) is 4.34. The molecule has 0 unspecified atom stereocenters. The summed E-state index contributed by atoms with van der Waals surface area (Å²) in [6, 6.07) is 4.16. The molecule has 2 heterocycles. The molecule has 0 aliphatic carbocycles. The van der Waals surface area contributed by atoms with Crippen molar-refractivity contribution >= 4 is 46.5 Å². The van der Waals surface area contributed by atoms with Gasteiger partial charge in [0.25, 0.3) is 5.91 Å². The molecule has 2 aromatic heterocycles. The van der Waals surface area contributed by atoms with E-state index >= 15 is 0 Å². The molecular formula is C16H10Cl3F4N5O. The molecule has 0 radical (unpaired) electrons. The van der Waals surface area contributed by atoms with Gasteiger partial charge in [-0.3, -0.25) is 14.2 Å². The van der Waals surface area contributed by atoms with E-state index in [0.29, 0.717) is 4.68 Å². The highest BCUT2D eigenvalue weighted by Gasteiger charge is 2.39. The predicted octanol–water partition coefficient (Wildman–Crippen LogP) is 5.04. The van der Waals surface area contributed by atoms with Crippen molar-refractivity contribution in [3.63, 3.8) is 0 Å². The van der Waals surface area contributed by atoms with E-state index in [0.717, 1.165) is 7.05 Å². The first-order chi connectivity index (χ1) is 13.5. The van der Waals surface area contributed by atoms with Crippen LogP contribution < -0.4 is 5.32 Å². The molecule has 3 rings (SSSR count). The quantitative estimate of drug-likeness (QED) is 0.544. The summed E-state index contributed by atoms with van der Waals surface area (Å²) in [4.78, 5) is 12.4. The molecule has 0 fully saturated rings. The highest BCUT2D eigenvalue weighted by atomic mass is 35.5. The van der Waals surface area contributed by atoms with Gasteiger partial charge in [0.15, 0.2) is 11.5 Å². The van der Waals surface area contributed by atoms with Crippen LogP contribution in [-0.4, -0.2) is 25.5 Å². The highest BCUT2D eigenvalue weighted by Crippen LogP contribution is 2.35. The molecule has 1 amide bonds. The van der Waals surface area contributed by atoms with E-state index in [4.69, 9.17) is 34.8 Å². The minimum atomic E-state index is -4.83. The van der Waals surface area contributed by atoms with E-state index in [1.807, 2.05) is 0 Å². The molecule has 1 aromatic carbocycles. The maximum Gasteiger partial charge on any atom is 0.436 e. The Labute approximate surface area is 176 Å². The molecule has 6 nitrogen and oxygen atoms in total. The first-order valence-electron chi connectivity index (χ1n) is 7.76. The summed E-state index contributed by atoms with van der Waals surface area (Å²) in [5, 5.41) is 8.78. The lowest BCUT2D eigenvalue weighted by Gasteiger charge is -2.06. The van der Waals surface area contributed by atoms with Gasteiger partial charge >= 0.3 is 6.18 Å². The number of hydrogen-bond donors (Lipinski definition) is 1. The Morgan fingerprint density at radius 1 is 1.17 bits per heavy atom. The van der Waals surface area contributed by atoms with Gasteiger partial charge in [-0.25, -0.2) is 4.39 Å². The molecule has 1 N–H and O–H groups in total. The Morgan fingerprint density at radius 2 is 1.86 bits per heavy atom. The van der Waals surface area contributed by atoms with Crippen LogP contribution in [0.5, 0.6) is 0 Å². The van der Waals surface area contributed by atoms with E-state index in [1.165, 1.54) is 29.1 Å². The number of anilines is 1. The number of amides is 1. The van der Waals surface area contributed by atoms with Gasteiger partial charge in [-0.05, 0) is 12.1 Å². The topological polar surface area (TPSA) is 64.7 Å². The van der Waals surface area contributed by atoms with Crippen molar-refractivity contribution in [2.24, 2.45) is 7.05 Å². The average molecular weight is 471 g/mol. The van der Waals surface area contributed by atoms with Crippen LogP contribution in [0.2, 0.25) is 15.1 Å². The van der Waals surface area contributed by atoms with Gasteiger partial charge < -0.3 is 5.32 Å². The minimum absolute atomic E-state index is 0.0276. The number of aryl methyl sites for hydroxylation is 1. The van der Waals surface area contributed by atoms with Gasteiger partial charge in [0.1, 0.15) is 21.6 Å². The van der Waals surface area contributed by atoms with Gasteiger partial charge in [0, 0.05) is 23.8 Å². The molecule has 0 aliphatic rings. The minimum Gasteiger partial charge on any atom is -0.302 e. The van der Waals surface area contributed by atoms with Crippen LogP contribution in [-0.2, 0) is 19.8 Å². The molecule has 0 atom stereocenters. The van der Waals surface area contributed by atoms with E-state index in [2.05, 4.69) is 15.5 Å². The summed E-state index contributed by atoms with van der Waals surface area (Å²) in [5.41, 5.74) is -1.77. The number of carbonyl (C=O) groups excluding carboxylic acids is 1. The van der Waals surface area contributed by atoms with Gasteiger partial charge in [-0.15, -0.1) is 0 Å². The van der Waals surface area contributed by atoms with Crippen LogP contribution in [0.3, 0.4) is 0 Å². The average Bonchev–Trinajstić information content (AvgIpc) is 3.10. The number of nitrogens with one attached hydrogen (secondary N) is 1. The molecular weight excluding hydrogens is 461 g/mol. The lowest BCUT2D eigenvalue weighted by molar-refractivity contribution is -0.141. The van der Waals surface area contributed by atoms with Crippen molar-refractivity contribution in [1.82, 2.24) is 19.6 Å². The fraction of sp³-hybridized carbons (Fsp3) is 0.188. The third-order valence-electron chi connectivity index (χ3n) is 3.80. The highest BCUT2D eigenvalue weighted by molar-refractivity contribution is 6.36. The summed E-state index contributed by atoms with van der Waals surface area (Å²) >= 11 is 17.7. The van der Waals surface area contributed by atoms with Gasteiger partial charge in [0.2, 0.25) is 0 Å². The molecule has 0 bridgehead atoms. The number of rotatable bonds is 4. The van der Waals surface area contributed by atoms with Crippen LogP contribution in [0.15, 0.2) is 24.4 Å². The van der Waals surface area contributed by atoms with Gasteiger partial charge in [-0.2, -0.15) is 23.4 Å². The number of carbonyl (C=O) groups is 1. The van der Waals surface area contributed by atoms with Crippen molar-refractivity contribution in [1.29, 1.82) is 0 Å². The molecule has 0 saturated heterocycles. The molecule has 0 aliphatic heterocycles. The van der Waals surface area contributed by atoms with Crippen LogP contribution in [0.1, 0.15) is 21.7 Å². The molecule has 3 aromatic rings. The lowest BCUT2D eigenvalue weighted by atomic mass is 10.2. The number of halogens is 7. The fourth-order valence-corrected chi connectivity index (χ4v) is 3.27. The van der Waals surface area contributed by atoms with Crippen LogP contribution in [0.4, 0.5) is 23.4 Å². The SMILES string of the molecule is Cn1nc(C(F)(F)F)c(Cl)c1C(=O)Nc1nn(Cc2c(F)cccc2Cl)cc1Cl. The van der Waals surface area contributed by atoms with E-state index in [1.54, 1.807) is 0 Å². The first kappa shape index (κ1) is 21.4. The molecule has 154 valence electrons. The summed E-state index contributed by atoms with van der Waals surface area (Å²) in [6.45, 7) is -0.0915. The molecule has 0 spiro atoms. The van der Waals surface area contributed by atoms with Crippen molar-refractivity contribution < 1.29 is 22.4 Å². The Balaban J connectivity index is 1.85. The summed E-state index contributed by atoms with van der Waals surface area (Å²) < 4.78 is 54.5. The lowest BCUT2D eigenvalue weighted by Crippen LogP contribution is -2.17. The fourth-order valence-electron chi connectivity index (χ4n) is 2.50. The van der Waals surface area contributed by atoms with Crippen LogP contribution in [0.25, 0.3) is 0 Å². The molecule has 29 heavy (non-hydrogen) atoms. The van der Waals surface area contributed by atoms with Crippen molar-refractivity contribution in [2.45, 2.75) is 12.7 Å². The Kier molecular flexibility index (Phi) is 5.79. The summed E-state index contributed by atoms with van der Waals surface area (Å²) in [6.07, 6.45) is -3.53. The zero-order chi connectivity index (χ0) is 21.5. The summed E-state index contributed by atoms with van der Waals surface area (Å²) in [7, 11) is 1.14. The number of hydrogen-bond acceptors (Lipinski definition) is 3. The van der Waals surface area contributed by atoms with Crippen molar-refractivity contribution in [2.75, 3.05) is 5.32 Å². The van der Waals surface area contributed by atoms with Crippen LogP contribution in [0, 0.1) is 5.82 Å². The number of benzene rings is 1. The van der Waals surface area contributed by atoms with Gasteiger partial charge in [0.05, 0.1) is 6.54 Å². The smallest absolute Gasteiger partial charge is 0.302 e. The Hall–Kier alpha value is -2.30. The Bertz CT molecular complexity index is 1070. The number of nitrogens with zero attached hydrogens (tertiary/aromatic N) is 4. The monoisotopic (exact) mass is 469 g/mol. The maximum absolute atomic E-state index is 13.9. The summed E-state index contributed by atoms with van der Waals surface area (Å²) in [5.74, 6) is -1.72. The van der Waals surface area contributed by atoms with E-state index in [-0.39, 0.29) is 28.0 Å². The number of aromatic nitrogens is 4. The zero-order valence-electron chi connectivity index (χ0n) is 14.4. The largest absolute Gasteiger partial charge is 0.436 e. The third-order valence-corrected chi connectivity index (χ3v) is 4.79. The standard InChI is InChI=1S/C16H10Cl3F4N5O/c1-27-12(11(19)13(25-27)16(21,22)23)15(29)24-14-9(18)6-28(26-14)5-7-8(17)3-2-4-10(7)20/h2-4,6H,5H2,1H3,(H,24,26,29). The first-order valence-corrected chi connectivity index (χ1v) is 8.89. The molecule has 13 heteroatoms. The van der Waals surface area contributed by atoms with Gasteiger partial charge in [-0.1, -0.05) is 40.9 Å². The van der Waals surface area contributed by atoms with E-state index in [9.17, 15) is 22.4 Å². The second-order valence-corrected chi connectivity index (χ2v) is 7.00. The molecule has 0 saturated carbocycles. The predicted molar refractivity (Wildman–Crippen MR) is 98.9 cm³/mol. The van der Waals surface area contributed by atoms with Crippen LogP contribution >= 0.6 is 34.8 Å². The van der Waals surface area contributed by atoms with Crippen molar-refractivity contribution in [3.05, 3.63) is 62.2 Å². The maximum atomic E-state index is 13.9. The Morgan fingerprint density at radius 3 is 2.45 bits per heavy atom. The second kappa shape index (κ2) is 7.85. The number of alkyl halides is 3. The van der Waals surface area contributed by atoms with E-state index < -0.39 is 34.3 Å². The normalized spacial score (nSPS) is 11.7. The second-order valence-electron chi connectivity index (χ2n) is 5.81.